The number of nitrogens with zero attached hydrogens (tertiary/aromatic N) is 3. The summed E-state index contributed by atoms with van der Waals surface area (Å²) in [7, 11) is 0. The van der Waals surface area contributed by atoms with Gasteiger partial charge in [0.2, 0.25) is 5.95 Å². The molecule has 3 aromatic heterocycles. The van der Waals surface area contributed by atoms with E-state index in [4.69, 9.17) is 4.42 Å². The van der Waals surface area contributed by atoms with E-state index in [0.717, 1.165) is 10.8 Å². The molecule has 0 atom stereocenters. The third-order valence-electron chi connectivity index (χ3n) is 5.52. The van der Waals surface area contributed by atoms with E-state index in [-0.39, 0.29) is 17.4 Å². The Morgan fingerprint density at radius 2 is 1.94 bits per heavy atom. The maximum atomic E-state index is 13.3. The molecule has 3 heterocycles. The first-order chi connectivity index (χ1) is 16.0. The van der Waals surface area contributed by atoms with E-state index >= 15 is 0 Å². The predicted octanol–water partition coefficient (Wildman–Crippen LogP) is 4.49. The van der Waals surface area contributed by atoms with Crippen LogP contribution in [0.25, 0.3) is 28.2 Å². The fraction of sp³-hybridized carbons (Fsp3) is 0.120. The summed E-state index contributed by atoms with van der Waals surface area (Å²) in [4.78, 5) is 33.1. The highest BCUT2D eigenvalue weighted by molar-refractivity contribution is 6.12. The highest BCUT2D eigenvalue weighted by atomic mass is 16.3. The third kappa shape index (κ3) is 3.71. The van der Waals surface area contributed by atoms with Crippen LogP contribution in [0, 0.1) is 6.92 Å². The van der Waals surface area contributed by atoms with Crippen LogP contribution in [0.1, 0.15) is 28.5 Å². The molecule has 8 heteroatoms. The van der Waals surface area contributed by atoms with Gasteiger partial charge in [0.05, 0.1) is 6.26 Å². The number of carbonyl (C=O) groups excluding carboxylic acids is 1. The molecular formula is C25H21N5O3. The van der Waals surface area contributed by atoms with Gasteiger partial charge in [-0.15, -0.1) is 0 Å². The number of benzene rings is 2. The van der Waals surface area contributed by atoms with Gasteiger partial charge >= 0.3 is 0 Å². The number of H-pyrrole nitrogens is 1. The zero-order valence-corrected chi connectivity index (χ0v) is 18.1. The number of furan rings is 1. The van der Waals surface area contributed by atoms with Crippen molar-refractivity contribution in [1.29, 1.82) is 0 Å². The summed E-state index contributed by atoms with van der Waals surface area (Å²) in [5.74, 6) is 0.786. The van der Waals surface area contributed by atoms with Crippen LogP contribution in [0.2, 0.25) is 0 Å². The van der Waals surface area contributed by atoms with Crippen molar-refractivity contribution < 1.29 is 9.21 Å². The van der Waals surface area contributed by atoms with Crippen LogP contribution in [-0.4, -0.2) is 25.7 Å². The Morgan fingerprint density at radius 3 is 2.70 bits per heavy atom. The van der Waals surface area contributed by atoms with E-state index < -0.39 is 0 Å². The number of aromatic nitrogens is 4. The number of hydrogen-bond acceptors (Lipinski definition) is 5. The van der Waals surface area contributed by atoms with E-state index in [1.807, 2.05) is 43.3 Å². The first-order valence-corrected chi connectivity index (χ1v) is 10.6. The number of anilines is 1. The van der Waals surface area contributed by atoms with E-state index in [1.165, 1.54) is 4.68 Å². The molecule has 0 aliphatic carbocycles. The van der Waals surface area contributed by atoms with Crippen LogP contribution in [-0.2, 0) is 6.42 Å². The minimum Gasteiger partial charge on any atom is -0.463 e. The van der Waals surface area contributed by atoms with Gasteiger partial charge in [-0.2, -0.15) is 9.78 Å². The van der Waals surface area contributed by atoms with Gasteiger partial charge in [0.15, 0.2) is 5.76 Å². The second-order valence-corrected chi connectivity index (χ2v) is 7.59. The zero-order chi connectivity index (χ0) is 22.9. The number of carbonyl (C=O) groups is 1. The summed E-state index contributed by atoms with van der Waals surface area (Å²) in [5.41, 5.74) is 2.00. The Labute approximate surface area is 188 Å². The van der Waals surface area contributed by atoms with E-state index in [9.17, 15) is 9.59 Å². The van der Waals surface area contributed by atoms with Crippen LogP contribution in [0.3, 0.4) is 0 Å². The molecule has 0 saturated heterocycles. The Morgan fingerprint density at radius 1 is 1.12 bits per heavy atom. The number of aryl methyl sites for hydroxylation is 1. The maximum absolute atomic E-state index is 13.3. The Bertz CT molecular complexity index is 1520. The van der Waals surface area contributed by atoms with Crippen LogP contribution in [0.15, 0.2) is 76.1 Å². The lowest BCUT2D eigenvalue weighted by Crippen LogP contribution is -2.22. The molecule has 0 saturated carbocycles. The third-order valence-corrected chi connectivity index (χ3v) is 5.52. The molecule has 0 unspecified atom stereocenters. The average Bonchev–Trinajstić information content (AvgIpc) is 3.48. The molecule has 2 aromatic carbocycles. The van der Waals surface area contributed by atoms with Crippen molar-refractivity contribution in [3.8, 4) is 17.4 Å². The molecule has 8 nitrogen and oxygen atoms in total. The highest BCUT2D eigenvalue weighted by Gasteiger charge is 2.19. The van der Waals surface area contributed by atoms with Gasteiger partial charge < -0.3 is 9.73 Å². The summed E-state index contributed by atoms with van der Waals surface area (Å²) in [6, 6.07) is 18.5. The molecule has 0 bridgehead atoms. The molecule has 1 amide bonds. The smallest absolute Gasteiger partial charge is 0.257 e. The molecule has 0 aliphatic rings. The molecule has 33 heavy (non-hydrogen) atoms. The van der Waals surface area contributed by atoms with Gasteiger partial charge in [-0.1, -0.05) is 43.3 Å². The second-order valence-electron chi connectivity index (χ2n) is 7.59. The van der Waals surface area contributed by atoms with E-state index in [1.54, 1.807) is 37.5 Å². The number of amides is 1. The van der Waals surface area contributed by atoms with Gasteiger partial charge in [-0.3, -0.25) is 14.6 Å². The lowest BCUT2D eigenvalue weighted by molar-refractivity contribution is 0.102. The van der Waals surface area contributed by atoms with Crippen molar-refractivity contribution >= 4 is 22.5 Å². The molecule has 0 fully saturated rings. The van der Waals surface area contributed by atoms with Crippen molar-refractivity contribution in [3.63, 3.8) is 0 Å². The zero-order valence-electron chi connectivity index (χ0n) is 18.1. The van der Waals surface area contributed by atoms with Gasteiger partial charge in [-0.25, -0.2) is 4.98 Å². The molecule has 2 N–H and O–H groups in total. The Hall–Kier alpha value is -4.46. The van der Waals surface area contributed by atoms with Crippen LogP contribution < -0.4 is 10.9 Å². The molecule has 164 valence electrons. The minimum atomic E-state index is -0.303. The summed E-state index contributed by atoms with van der Waals surface area (Å²) in [6.07, 6.45) is 2.11. The molecule has 0 spiro atoms. The Kier molecular flexibility index (Phi) is 5.10. The fourth-order valence-electron chi connectivity index (χ4n) is 3.90. The first-order valence-electron chi connectivity index (χ1n) is 10.6. The summed E-state index contributed by atoms with van der Waals surface area (Å²) in [5, 5.41) is 9.27. The van der Waals surface area contributed by atoms with E-state index in [0.29, 0.717) is 40.5 Å². The molecular weight excluding hydrogens is 418 g/mol. The van der Waals surface area contributed by atoms with Crippen LogP contribution >= 0.6 is 0 Å². The fourth-order valence-corrected chi connectivity index (χ4v) is 3.90. The highest BCUT2D eigenvalue weighted by Crippen LogP contribution is 2.26. The van der Waals surface area contributed by atoms with Crippen LogP contribution in [0.5, 0.6) is 0 Å². The quantitative estimate of drug-likeness (QED) is 0.420. The van der Waals surface area contributed by atoms with Crippen molar-refractivity contribution in [2.75, 3.05) is 5.32 Å². The number of hydrogen-bond donors (Lipinski definition) is 2. The minimum absolute atomic E-state index is 0.209. The predicted molar refractivity (Wildman–Crippen MR) is 126 cm³/mol. The molecule has 5 rings (SSSR count). The normalized spacial score (nSPS) is 11.1. The topological polar surface area (TPSA) is 106 Å². The summed E-state index contributed by atoms with van der Waals surface area (Å²) < 4.78 is 6.89. The monoisotopic (exact) mass is 439 g/mol. The molecule has 5 aromatic rings. The largest absolute Gasteiger partial charge is 0.463 e. The van der Waals surface area contributed by atoms with E-state index in [2.05, 4.69) is 20.4 Å². The standard InChI is InChI=1S/C25H21N5O3/c1-3-17-15(2)26-25(28-23(17)31)30-22(14-20(29-30)21-12-7-13-33-21)27-24(32)19-11-6-9-16-8-4-5-10-18(16)19/h4-14H,3H2,1-2H3,(H,27,32)(H,26,28,31). The van der Waals surface area contributed by atoms with Crippen LogP contribution in [0.4, 0.5) is 5.82 Å². The first kappa shape index (κ1) is 20.4. The lowest BCUT2D eigenvalue weighted by Gasteiger charge is -2.11. The van der Waals surface area contributed by atoms with Crippen molar-refractivity contribution in [1.82, 2.24) is 19.7 Å². The number of nitrogens with one attached hydrogen (secondary N) is 2. The summed E-state index contributed by atoms with van der Waals surface area (Å²) in [6.45, 7) is 3.68. The number of rotatable bonds is 5. The van der Waals surface area contributed by atoms with Crippen molar-refractivity contribution in [2.45, 2.75) is 20.3 Å². The van der Waals surface area contributed by atoms with Gasteiger partial charge in [-0.05, 0) is 42.3 Å². The molecule has 0 aliphatic heterocycles. The Balaban J connectivity index is 1.61. The summed E-state index contributed by atoms with van der Waals surface area (Å²) >= 11 is 0. The number of fused-ring (bicyclic) bond motifs is 1. The maximum Gasteiger partial charge on any atom is 0.257 e. The van der Waals surface area contributed by atoms with Gasteiger partial charge in [0, 0.05) is 22.9 Å². The van der Waals surface area contributed by atoms with Crippen molar-refractivity contribution in [3.05, 3.63) is 94.1 Å². The van der Waals surface area contributed by atoms with Gasteiger partial charge in [0.1, 0.15) is 11.5 Å². The second kappa shape index (κ2) is 8.23. The van der Waals surface area contributed by atoms with Gasteiger partial charge in [0.25, 0.3) is 11.5 Å². The lowest BCUT2D eigenvalue weighted by atomic mass is 10.0. The number of aromatic amines is 1. The van der Waals surface area contributed by atoms with Crippen molar-refractivity contribution in [2.24, 2.45) is 0 Å². The SMILES string of the molecule is CCc1c(C)nc(-n2nc(-c3ccco3)cc2NC(=O)c2cccc3ccccc23)[nH]c1=O. The molecule has 0 radical (unpaired) electrons. The average molecular weight is 439 g/mol.